The van der Waals surface area contributed by atoms with Crippen LogP contribution in [0.4, 0.5) is 17.1 Å². The highest BCUT2D eigenvalue weighted by atomic mass is 16.5. The molecular weight excluding hydrogens is 368 g/mol. The van der Waals surface area contributed by atoms with E-state index in [-0.39, 0.29) is 17.9 Å². The minimum absolute atomic E-state index is 0.0735. The number of carbonyl (C=O) groups is 2. The zero-order valence-electron chi connectivity index (χ0n) is 16.7. The highest BCUT2D eigenvalue weighted by molar-refractivity contribution is 5.98. The van der Waals surface area contributed by atoms with Gasteiger partial charge in [0.25, 0.3) is 5.91 Å². The number of anilines is 3. The van der Waals surface area contributed by atoms with Gasteiger partial charge in [0.05, 0.1) is 5.69 Å². The normalized spacial score (nSPS) is 19.7. The largest absolute Gasteiger partial charge is 0.479 e. The molecule has 0 saturated carbocycles. The van der Waals surface area contributed by atoms with E-state index >= 15 is 0 Å². The van der Waals surface area contributed by atoms with Gasteiger partial charge in [-0.15, -0.1) is 0 Å². The number of para-hydroxylation sites is 1. The third kappa shape index (κ3) is 4.13. The van der Waals surface area contributed by atoms with E-state index in [0.717, 1.165) is 18.8 Å². The fourth-order valence-corrected chi connectivity index (χ4v) is 3.71. The van der Waals surface area contributed by atoms with Gasteiger partial charge in [0, 0.05) is 37.6 Å². The van der Waals surface area contributed by atoms with Crippen molar-refractivity contribution in [2.24, 2.45) is 0 Å². The average Bonchev–Trinajstić information content (AvgIpc) is 2.75. The van der Waals surface area contributed by atoms with Crippen LogP contribution in [0.25, 0.3) is 0 Å². The van der Waals surface area contributed by atoms with Gasteiger partial charge in [-0.25, -0.2) is 0 Å². The monoisotopic (exact) mass is 394 g/mol. The van der Waals surface area contributed by atoms with Gasteiger partial charge in [-0.05, 0) is 44.2 Å². The van der Waals surface area contributed by atoms with Crippen molar-refractivity contribution in [2.75, 3.05) is 41.7 Å². The summed E-state index contributed by atoms with van der Waals surface area (Å²) in [4.78, 5) is 28.9. The molecule has 0 unspecified atom stereocenters. The molecule has 7 heteroatoms. The van der Waals surface area contributed by atoms with Crippen molar-refractivity contribution >= 4 is 28.9 Å². The number of rotatable bonds is 4. The Hall–Kier alpha value is -3.22. The van der Waals surface area contributed by atoms with Crippen LogP contribution in [0.1, 0.15) is 13.8 Å². The molecule has 152 valence electrons. The molecule has 0 spiro atoms. The molecule has 2 aliphatic rings. The second-order valence-electron chi connectivity index (χ2n) is 7.47. The number of carbonyl (C=O) groups excluding carboxylic acids is 2. The average molecular weight is 394 g/mol. The van der Waals surface area contributed by atoms with Crippen LogP contribution < -0.4 is 20.3 Å². The van der Waals surface area contributed by atoms with E-state index in [2.05, 4.69) is 27.7 Å². The topological polar surface area (TPSA) is 73.9 Å². The van der Waals surface area contributed by atoms with E-state index < -0.39 is 6.10 Å². The van der Waals surface area contributed by atoms with E-state index in [9.17, 15) is 9.59 Å². The molecule has 2 N–H and O–H groups in total. The van der Waals surface area contributed by atoms with Gasteiger partial charge in [-0.1, -0.05) is 18.2 Å². The number of benzene rings is 2. The summed E-state index contributed by atoms with van der Waals surface area (Å²) in [6.07, 6.45) is -0.503. The molecule has 2 amide bonds. The zero-order valence-corrected chi connectivity index (χ0v) is 16.7. The van der Waals surface area contributed by atoms with Gasteiger partial charge in [-0.3, -0.25) is 9.59 Å². The maximum Gasteiger partial charge on any atom is 0.265 e. The third-order valence-electron chi connectivity index (χ3n) is 5.38. The molecule has 2 heterocycles. The highest BCUT2D eigenvalue weighted by Crippen LogP contribution is 2.32. The van der Waals surface area contributed by atoms with Gasteiger partial charge in [0.1, 0.15) is 11.8 Å². The molecule has 2 atom stereocenters. The number of hydrogen-bond donors (Lipinski definition) is 2. The lowest BCUT2D eigenvalue weighted by atomic mass is 10.1. The first-order valence-electron chi connectivity index (χ1n) is 9.98. The second kappa shape index (κ2) is 8.03. The molecule has 29 heavy (non-hydrogen) atoms. The number of ether oxygens (including phenoxy) is 1. The molecule has 2 aromatic rings. The van der Waals surface area contributed by atoms with E-state index in [1.165, 1.54) is 5.69 Å². The summed E-state index contributed by atoms with van der Waals surface area (Å²) in [5.41, 5.74) is 2.58. The summed E-state index contributed by atoms with van der Waals surface area (Å²) in [7, 11) is 0. The summed E-state index contributed by atoms with van der Waals surface area (Å²) in [5.74, 6) is 0.540. The Morgan fingerprint density at radius 3 is 2.59 bits per heavy atom. The maximum absolute atomic E-state index is 12.9. The first kappa shape index (κ1) is 19.1. The molecule has 7 nitrogen and oxygen atoms in total. The first-order chi connectivity index (χ1) is 14.0. The van der Waals surface area contributed by atoms with Crippen molar-refractivity contribution in [3.63, 3.8) is 0 Å². The number of nitrogens with one attached hydrogen (secondary N) is 2. The Morgan fingerprint density at radius 2 is 1.86 bits per heavy atom. The van der Waals surface area contributed by atoms with Crippen molar-refractivity contribution in [1.82, 2.24) is 4.90 Å². The second-order valence-corrected chi connectivity index (χ2v) is 7.47. The van der Waals surface area contributed by atoms with Gasteiger partial charge in [0.2, 0.25) is 5.91 Å². The first-order valence-corrected chi connectivity index (χ1v) is 9.98. The minimum Gasteiger partial charge on any atom is -0.479 e. The molecule has 0 aromatic heterocycles. The van der Waals surface area contributed by atoms with Crippen LogP contribution in [0.2, 0.25) is 0 Å². The van der Waals surface area contributed by atoms with E-state index in [0.29, 0.717) is 24.5 Å². The van der Waals surface area contributed by atoms with Crippen molar-refractivity contribution < 1.29 is 14.3 Å². The Morgan fingerprint density at radius 1 is 1.14 bits per heavy atom. The maximum atomic E-state index is 12.9. The standard InChI is InChI=1S/C22H26N4O3/c1-15(23-17-8-9-20-19(14-17)24-21(27)16(2)29-20)22(28)26-12-10-25(11-13-26)18-6-4-3-5-7-18/h3-9,14-16,23H,10-13H2,1-2H3,(H,24,27)/t15-,16-/m0/s1. The van der Waals surface area contributed by atoms with Crippen LogP contribution in [0.5, 0.6) is 5.75 Å². The molecular formula is C22H26N4O3. The van der Waals surface area contributed by atoms with Crippen molar-refractivity contribution in [2.45, 2.75) is 26.0 Å². The minimum atomic E-state index is -0.503. The number of nitrogens with zero attached hydrogens (tertiary/aromatic N) is 2. The van der Waals surface area contributed by atoms with E-state index in [1.54, 1.807) is 13.0 Å². The van der Waals surface area contributed by atoms with Crippen LogP contribution in [0, 0.1) is 0 Å². The molecule has 1 fully saturated rings. The summed E-state index contributed by atoms with van der Waals surface area (Å²) in [6, 6.07) is 15.4. The molecule has 1 saturated heterocycles. The van der Waals surface area contributed by atoms with Gasteiger partial charge < -0.3 is 25.2 Å². The lowest BCUT2D eigenvalue weighted by Crippen LogP contribution is -2.52. The summed E-state index contributed by atoms with van der Waals surface area (Å²) in [5, 5.41) is 6.08. The van der Waals surface area contributed by atoms with Gasteiger partial charge in [0.15, 0.2) is 6.10 Å². The Balaban J connectivity index is 1.34. The van der Waals surface area contributed by atoms with Crippen molar-refractivity contribution in [3.8, 4) is 5.75 Å². The molecule has 4 rings (SSSR count). The van der Waals surface area contributed by atoms with Crippen LogP contribution in [-0.4, -0.2) is 55.0 Å². The van der Waals surface area contributed by atoms with Gasteiger partial charge >= 0.3 is 0 Å². The Bertz CT molecular complexity index is 894. The number of piperazine rings is 1. The highest BCUT2D eigenvalue weighted by Gasteiger charge is 2.26. The molecule has 0 bridgehead atoms. The Labute approximate surface area is 170 Å². The number of fused-ring (bicyclic) bond motifs is 1. The summed E-state index contributed by atoms with van der Waals surface area (Å²) >= 11 is 0. The fraction of sp³-hybridized carbons (Fsp3) is 0.364. The summed E-state index contributed by atoms with van der Waals surface area (Å²) in [6.45, 7) is 6.62. The third-order valence-corrected chi connectivity index (χ3v) is 5.38. The summed E-state index contributed by atoms with van der Waals surface area (Å²) < 4.78 is 5.57. The van der Waals surface area contributed by atoms with E-state index in [4.69, 9.17) is 4.74 Å². The molecule has 2 aromatic carbocycles. The Kier molecular flexibility index (Phi) is 5.29. The fourth-order valence-electron chi connectivity index (χ4n) is 3.71. The van der Waals surface area contributed by atoms with Crippen molar-refractivity contribution in [3.05, 3.63) is 48.5 Å². The number of amides is 2. The number of hydrogen-bond acceptors (Lipinski definition) is 5. The predicted molar refractivity (Wildman–Crippen MR) is 113 cm³/mol. The lowest BCUT2D eigenvalue weighted by molar-refractivity contribution is -0.132. The van der Waals surface area contributed by atoms with Crippen LogP contribution in [-0.2, 0) is 9.59 Å². The molecule has 0 radical (unpaired) electrons. The quantitative estimate of drug-likeness (QED) is 0.834. The molecule has 0 aliphatic carbocycles. The molecule has 2 aliphatic heterocycles. The van der Waals surface area contributed by atoms with Crippen LogP contribution in [0.15, 0.2) is 48.5 Å². The SMILES string of the molecule is C[C@H](Nc1ccc2c(c1)NC(=O)[C@H](C)O2)C(=O)N1CCN(c2ccccc2)CC1. The predicted octanol–water partition coefficient (Wildman–Crippen LogP) is 2.56. The van der Waals surface area contributed by atoms with Crippen LogP contribution in [0.3, 0.4) is 0 Å². The van der Waals surface area contributed by atoms with Crippen molar-refractivity contribution in [1.29, 1.82) is 0 Å². The smallest absolute Gasteiger partial charge is 0.265 e. The van der Waals surface area contributed by atoms with Crippen LogP contribution >= 0.6 is 0 Å². The zero-order chi connectivity index (χ0) is 20.4. The lowest BCUT2D eigenvalue weighted by Gasteiger charge is -2.37. The van der Waals surface area contributed by atoms with Gasteiger partial charge in [-0.2, -0.15) is 0 Å². The van der Waals surface area contributed by atoms with E-state index in [1.807, 2.05) is 42.2 Å².